The van der Waals surface area contributed by atoms with Gasteiger partial charge in [0.1, 0.15) is 0 Å². The summed E-state index contributed by atoms with van der Waals surface area (Å²) in [6.45, 7) is 2.39. The number of nitrogens with two attached hydrogens (primary N) is 1. The van der Waals surface area contributed by atoms with Gasteiger partial charge in [0.2, 0.25) is 5.91 Å². The molecule has 0 spiro atoms. The molecule has 1 aromatic rings. The summed E-state index contributed by atoms with van der Waals surface area (Å²) in [5.74, 6) is -0.817. The van der Waals surface area contributed by atoms with Crippen LogP contribution in [0.2, 0.25) is 0 Å². The number of oxime groups is 1. The highest BCUT2D eigenvalue weighted by atomic mass is 16.4. The number of rotatable bonds is 6. The van der Waals surface area contributed by atoms with Crippen molar-refractivity contribution in [3.8, 4) is 0 Å². The van der Waals surface area contributed by atoms with Gasteiger partial charge >= 0.3 is 0 Å². The first-order valence-electron chi connectivity index (χ1n) is 5.98. The van der Waals surface area contributed by atoms with E-state index in [-0.39, 0.29) is 11.7 Å². The Morgan fingerprint density at radius 1 is 1.44 bits per heavy atom. The molecular weight excluding hydrogens is 230 g/mol. The fourth-order valence-electron chi connectivity index (χ4n) is 1.68. The van der Waals surface area contributed by atoms with E-state index < -0.39 is 5.92 Å². The zero-order valence-electron chi connectivity index (χ0n) is 10.5. The molecule has 0 heterocycles. The SMILES string of the molecule is CCCC(C(=O)NCc1ccccc1)/C(N)=N/O. The van der Waals surface area contributed by atoms with Crippen LogP contribution >= 0.6 is 0 Å². The Balaban J connectivity index is 2.57. The van der Waals surface area contributed by atoms with Crippen molar-refractivity contribution in [2.75, 3.05) is 0 Å². The molecule has 0 bridgehead atoms. The van der Waals surface area contributed by atoms with Crippen LogP contribution in [0, 0.1) is 5.92 Å². The monoisotopic (exact) mass is 249 g/mol. The number of carbonyl (C=O) groups is 1. The zero-order chi connectivity index (χ0) is 13.4. The van der Waals surface area contributed by atoms with E-state index in [9.17, 15) is 4.79 Å². The van der Waals surface area contributed by atoms with Crippen LogP contribution in [0.3, 0.4) is 0 Å². The Morgan fingerprint density at radius 2 is 2.11 bits per heavy atom. The van der Waals surface area contributed by atoms with Crippen LogP contribution in [0.15, 0.2) is 35.5 Å². The van der Waals surface area contributed by atoms with Gasteiger partial charge in [-0.25, -0.2) is 0 Å². The minimum atomic E-state index is -0.566. The summed E-state index contributed by atoms with van der Waals surface area (Å²) in [5.41, 5.74) is 6.53. The Bertz CT molecular complexity index is 404. The average Bonchev–Trinajstić information content (AvgIpc) is 2.42. The highest BCUT2D eigenvalue weighted by Crippen LogP contribution is 2.07. The fourth-order valence-corrected chi connectivity index (χ4v) is 1.68. The summed E-state index contributed by atoms with van der Waals surface area (Å²) >= 11 is 0. The molecule has 0 radical (unpaired) electrons. The minimum absolute atomic E-state index is 0.0394. The number of hydrogen-bond acceptors (Lipinski definition) is 3. The third-order valence-electron chi connectivity index (χ3n) is 2.68. The molecule has 1 unspecified atom stereocenters. The third-order valence-corrected chi connectivity index (χ3v) is 2.68. The van der Waals surface area contributed by atoms with Gasteiger partial charge in [0.25, 0.3) is 0 Å². The lowest BCUT2D eigenvalue weighted by Crippen LogP contribution is -2.38. The summed E-state index contributed by atoms with van der Waals surface area (Å²) in [6, 6.07) is 9.60. The lowest BCUT2D eigenvalue weighted by atomic mass is 10.0. The predicted molar refractivity (Wildman–Crippen MR) is 70.1 cm³/mol. The van der Waals surface area contributed by atoms with E-state index in [4.69, 9.17) is 10.9 Å². The van der Waals surface area contributed by atoms with E-state index in [1.807, 2.05) is 37.3 Å². The molecule has 0 aliphatic heterocycles. The molecule has 5 heteroatoms. The van der Waals surface area contributed by atoms with Crippen molar-refractivity contribution >= 4 is 11.7 Å². The Morgan fingerprint density at radius 3 is 2.67 bits per heavy atom. The molecule has 0 saturated heterocycles. The van der Waals surface area contributed by atoms with Gasteiger partial charge in [-0.1, -0.05) is 48.8 Å². The lowest BCUT2D eigenvalue weighted by molar-refractivity contribution is -0.123. The molecule has 1 rings (SSSR count). The van der Waals surface area contributed by atoms with Crippen LogP contribution in [0.5, 0.6) is 0 Å². The highest BCUT2D eigenvalue weighted by Gasteiger charge is 2.21. The van der Waals surface area contributed by atoms with Crippen molar-refractivity contribution in [3.05, 3.63) is 35.9 Å². The quantitative estimate of drug-likeness (QED) is 0.309. The van der Waals surface area contributed by atoms with Gasteiger partial charge in [-0.15, -0.1) is 0 Å². The van der Waals surface area contributed by atoms with Gasteiger partial charge in [-0.05, 0) is 12.0 Å². The maximum absolute atomic E-state index is 11.9. The van der Waals surface area contributed by atoms with E-state index in [0.29, 0.717) is 13.0 Å². The van der Waals surface area contributed by atoms with Crippen LogP contribution in [-0.4, -0.2) is 17.0 Å². The first-order chi connectivity index (χ1) is 8.69. The molecule has 0 saturated carbocycles. The standard InChI is InChI=1S/C13H19N3O2/c1-2-6-11(12(14)16-18)13(17)15-9-10-7-4-3-5-8-10/h3-5,7-8,11,18H,2,6,9H2,1H3,(H2,14,16)(H,15,17). The maximum Gasteiger partial charge on any atom is 0.231 e. The lowest BCUT2D eigenvalue weighted by Gasteiger charge is -2.14. The molecule has 0 aliphatic rings. The van der Waals surface area contributed by atoms with E-state index in [0.717, 1.165) is 12.0 Å². The maximum atomic E-state index is 11.9. The first-order valence-corrected chi connectivity index (χ1v) is 5.98. The van der Waals surface area contributed by atoms with E-state index >= 15 is 0 Å². The number of amidine groups is 1. The van der Waals surface area contributed by atoms with Crippen molar-refractivity contribution in [1.82, 2.24) is 5.32 Å². The number of carbonyl (C=O) groups excluding carboxylic acids is 1. The van der Waals surface area contributed by atoms with Gasteiger partial charge < -0.3 is 16.3 Å². The molecule has 18 heavy (non-hydrogen) atoms. The molecular formula is C13H19N3O2. The first kappa shape index (κ1) is 14.0. The third kappa shape index (κ3) is 4.08. The highest BCUT2D eigenvalue weighted by molar-refractivity contribution is 6.01. The number of nitrogens with zero attached hydrogens (tertiary/aromatic N) is 1. The number of benzene rings is 1. The molecule has 98 valence electrons. The van der Waals surface area contributed by atoms with Crippen LogP contribution in [0.1, 0.15) is 25.3 Å². The Hall–Kier alpha value is -2.04. The molecule has 0 aliphatic carbocycles. The number of hydrogen-bond donors (Lipinski definition) is 3. The Kier molecular flexibility index (Phi) is 5.70. The van der Waals surface area contributed by atoms with Gasteiger partial charge in [0.05, 0.1) is 5.92 Å². The normalized spacial score (nSPS) is 13.1. The summed E-state index contributed by atoms with van der Waals surface area (Å²) in [6.07, 6.45) is 1.36. The number of amides is 1. The second-order valence-electron chi connectivity index (χ2n) is 4.07. The summed E-state index contributed by atoms with van der Waals surface area (Å²) in [5, 5.41) is 14.4. The minimum Gasteiger partial charge on any atom is -0.409 e. The molecule has 1 amide bonds. The molecule has 1 atom stereocenters. The van der Waals surface area contributed by atoms with Gasteiger partial charge in [-0.2, -0.15) is 0 Å². The molecule has 0 aromatic heterocycles. The summed E-state index contributed by atoms with van der Waals surface area (Å²) < 4.78 is 0. The van der Waals surface area contributed by atoms with Crippen LogP contribution in [0.25, 0.3) is 0 Å². The Labute approximate surface area is 107 Å². The van der Waals surface area contributed by atoms with Gasteiger partial charge in [-0.3, -0.25) is 4.79 Å². The second-order valence-corrected chi connectivity index (χ2v) is 4.07. The van der Waals surface area contributed by atoms with Crippen LogP contribution in [-0.2, 0) is 11.3 Å². The largest absolute Gasteiger partial charge is 0.409 e. The van der Waals surface area contributed by atoms with Gasteiger partial charge in [0, 0.05) is 6.54 Å². The van der Waals surface area contributed by atoms with Crippen molar-refractivity contribution < 1.29 is 10.0 Å². The van der Waals surface area contributed by atoms with E-state index in [1.165, 1.54) is 0 Å². The fraction of sp³-hybridized carbons (Fsp3) is 0.385. The predicted octanol–water partition coefficient (Wildman–Crippen LogP) is 1.47. The number of nitrogens with one attached hydrogen (secondary N) is 1. The smallest absolute Gasteiger partial charge is 0.231 e. The van der Waals surface area contributed by atoms with Crippen molar-refractivity contribution in [1.29, 1.82) is 0 Å². The van der Waals surface area contributed by atoms with Crippen molar-refractivity contribution in [2.24, 2.45) is 16.8 Å². The molecule has 1 aromatic carbocycles. The van der Waals surface area contributed by atoms with E-state index in [1.54, 1.807) is 0 Å². The topological polar surface area (TPSA) is 87.7 Å². The van der Waals surface area contributed by atoms with Crippen molar-refractivity contribution in [2.45, 2.75) is 26.3 Å². The van der Waals surface area contributed by atoms with Crippen LogP contribution in [0.4, 0.5) is 0 Å². The second kappa shape index (κ2) is 7.32. The summed E-state index contributed by atoms with van der Waals surface area (Å²) in [7, 11) is 0. The van der Waals surface area contributed by atoms with Crippen molar-refractivity contribution in [3.63, 3.8) is 0 Å². The molecule has 5 nitrogen and oxygen atoms in total. The summed E-state index contributed by atoms with van der Waals surface area (Å²) in [4.78, 5) is 11.9. The van der Waals surface area contributed by atoms with Gasteiger partial charge in [0.15, 0.2) is 5.84 Å². The van der Waals surface area contributed by atoms with E-state index in [2.05, 4.69) is 10.5 Å². The zero-order valence-corrected chi connectivity index (χ0v) is 10.5. The average molecular weight is 249 g/mol. The molecule has 4 N–H and O–H groups in total. The van der Waals surface area contributed by atoms with Crippen LogP contribution < -0.4 is 11.1 Å². The molecule has 0 fully saturated rings.